The maximum atomic E-state index is 11.4. The van der Waals surface area contributed by atoms with Gasteiger partial charge in [0.25, 0.3) is 9.05 Å². The number of benzene rings is 1. The summed E-state index contributed by atoms with van der Waals surface area (Å²) < 4.78 is 28.3. The van der Waals surface area contributed by atoms with Crippen LogP contribution in [0.4, 0.5) is 0 Å². The number of hydrogen-bond donors (Lipinski definition) is 0. The quantitative estimate of drug-likeness (QED) is 0.628. The first-order valence-corrected chi connectivity index (χ1v) is 7.85. The minimum absolute atomic E-state index is 0.165. The summed E-state index contributed by atoms with van der Waals surface area (Å²) in [5, 5.41) is 0. The molecule has 1 aromatic carbocycles. The monoisotopic (exact) mass is 288 g/mol. The second-order valence-electron chi connectivity index (χ2n) is 4.42. The van der Waals surface area contributed by atoms with E-state index in [1.807, 2.05) is 19.9 Å². The zero-order chi connectivity index (χ0) is 13.9. The second-order valence-corrected chi connectivity index (χ2v) is 6.92. The Balaban J connectivity index is 3.04. The average molecular weight is 289 g/mol. The van der Waals surface area contributed by atoms with Gasteiger partial charge < -0.3 is 4.74 Å². The van der Waals surface area contributed by atoms with Gasteiger partial charge in [-0.3, -0.25) is 0 Å². The van der Waals surface area contributed by atoms with Crippen LogP contribution < -0.4 is 4.74 Å². The molecule has 0 saturated carbocycles. The van der Waals surface area contributed by atoms with Crippen molar-refractivity contribution in [3.8, 4) is 5.75 Å². The Bertz CT molecular complexity index is 547. The van der Waals surface area contributed by atoms with Crippen molar-refractivity contribution in [3.05, 3.63) is 34.9 Å². The van der Waals surface area contributed by atoms with Crippen LogP contribution >= 0.6 is 10.7 Å². The zero-order valence-corrected chi connectivity index (χ0v) is 12.5. The molecule has 0 aliphatic rings. The molecule has 0 saturated heterocycles. The Kier molecular flexibility index (Phi) is 4.82. The van der Waals surface area contributed by atoms with Crippen LogP contribution in [0.3, 0.4) is 0 Å². The molecular formula is C13H17ClO3S. The number of rotatable bonds is 4. The van der Waals surface area contributed by atoms with E-state index in [2.05, 4.69) is 0 Å². The number of hydrogen-bond acceptors (Lipinski definition) is 3. The molecule has 0 bridgehead atoms. The van der Waals surface area contributed by atoms with E-state index >= 15 is 0 Å². The standard InChI is InChI=1S/C13H17ClO3S/c1-9(2)5-6-17-12-7-10(3)13(11(4)8-12)18(14,15)16/h5,7-8H,6H2,1-4H3. The van der Waals surface area contributed by atoms with Gasteiger partial charge in [-0.25, -0.2) is 8.42 Å². The molecule has 3 nitrogen and oxygen atoms in total. The van der Waals surface area contributed by atoms with Crippen molar-refractivity contribution in [2.45, 2.75) is 32.6 Å². The van der Waals surface area contributed by atoms with E-state index in [4.69, 9.17) is 15.4 Å². The van der Waals surface area contributed by atoms with Crippen LogP contribution in [0.15, 0.2) is 28.7 Å². The van der Waals surface area contributed by atoms with Gasteiger partial charge in [0.15, 0.2) is 0 Å². The van der Waals surface area contributed by atoms with Crippen molar-refractivity contribution in [2.75, 3.05) is 6.61 Å². The summed E-state index contributed by atoms with van der Waals surface area (Å²) in [7, 11) is 1.68. The zero-order valence-electron chi connectivity index (χ0n) is 11.0. The van der Waals surface area contributed by atoms with Crippen molar-refractivity contribution in [1.82, 2.24) is 0 Å². The molecule has 0 aliphatic heterocycles. The molecule has 0 spiro atoms. The van der Waals surface area contributed by atoms with Crippen LogP contribution in [0.2, 0.25) is 0 Å². The molecule has 18 heavy (non-hydrogen) atoms. The highest BCUT2D eigenvalue weighted by Crippen LogP contribution is 2.28. The van der Waals surface area contributed by atoms with E-state index in [9.17, 15) is 8.42 Å². The number of aryl methyl sites for hydroxylation is 2. The van der Waals surface area contributed by atoms with Gasteiger partial charge in [0.2, 0.25) is 0 Å². The van der Waals surface area contributed by atoms with Crippen LogP contribution in [0.1, 0.15) is 25.0 Å². The van der Waals surface area contributed by atoms with Gasteiger partial charge in [0, 0.05) is 10.7 Å². The molecule has 0 N–H and O–H groups in total. The van der Waals surface area contributed by atoms with E-state index in [1.165, 1.54) is 5.57 Å². The van der Waals surface area contributed by atoms with Crippen LogP contribution in [0, 0.1) is 13.8 Å². The molecule has 0 atom stereocenters. The van der Waals surface area contributed by atoms with E-state index in [-0.39, 0.29) is 4.90 Å². The molecule has 1 aromatic rings. The summed E-state index contributed by atoms with van der Waals surface area (Å²) in [6.45, 7) is 7.85. The average Bonchev–Trinajstić information content (AvgIpc) is 2.12. The molecule has 5 heteroatoms. The highest BCUT2D eigenvalue weighted by molar-refractivity contribution is 8.13. The first-order chi connectivity index (χ1) is 8.21. The molecule has 0 radical (unpaired) electrons. The molecule has 0 aliphatic carbocycles. The third-order valence-corrected chi connectivity index (χ3v) is 4.01. The second kappa shape index (κ2) is 5.76. The highest BCUT2D eigenvalue weighted by Gasteiger charge is 2.17. The summed E-state index contributed by atoms with van der Waals surface area (Å²) >= 11 is 0. The van der Waals surface area contributed by atoms with Gasteiger partial charge in [-0.2, -0.15) is 0 Å². The van der Waals surface area contributed by atoms with E-state index in [1.54, 1.807) is 26.0 Å². The van der Waals surface area contributed by atoms with Crippen molar-refractivity contribution >= 4 is 19.7 Å². The predicted molar refractivity (Wildman–Crippen MR) is 73.9 cm³/mol. The lowest BCUT2D eigenvalue weighted by Crippen LogP contribution is -2.01. The molecule has 1 rings (SSSR count). The SMILES string of the molecule is CC(C)=CCOc1cc(C)c(S(=O)(=O)Cl)c(C)c1. The van der Waals surface area contributed by atoms with Gasteiger partial charge in [0.1, 0.15) is 12.4 Å². The Morgan fingerprint density at radius 3 is 2.17 bits per heavy atom. The number of ether oxygens (including phenoxy) is 1. The lowest BCUT2D eigenvalue weighted by Gasteiger charge is -2.10. The Hall–Kier alpha value is -1.00. The smallest absolute Gasteiger partial charge is 0.261 e. The molecular weight excluding hydrogens is 272 g/mol. The fraction of sp³-hybridized carbons (Fsp3) is 0.385. The first kappa shape index (κ1) is 15.1. The summed E-state index contributed by atoms with van der Waals surface area (Å²) in [6, 6.07) is 3.36. The topological polar surface area (TPSA) is 43.4 Å². The summed E-state index contributed by atoms with van der Waals surface area (Å²) in [6.07, 6.45) is 1.96. The van der Waals surface area contributed by atoms with Crippen molar-refractivity contribution < 1.29 is 13.2 Å². The molecule has 0 heterocycles. The van der Waals surface area contributed by atoms with Crippen molar-refractivity contribution in [2.24, 2.45) is 0 Å². The van der Waals surface area contributed by atoms with E-state index in [0.717, 1.165) is 0 Å². The van der Waals surface area contributed by atoms with Gasteiger partial charge >= 0.3 is 0 Å². The normalized spacial score (nSPS) is 11.2. The van der Waals surface area contributed by atoms with E-state index in [0.29, 0.717) is 23.5 Å². The molecule has 0 aromatic heterocycles. The maximum Gasteiger partial charge on any atom is 0.261 e. The first-order valence-electron chi connectivity index (χ1n) is 5.54. The van der Waals surface area contributed by atoms with Crippen LogP contribution in [-0.2, 0) is 9.05 Å². The van der Waals surface area contributed by atoms with Crippen LogP contribution in [0.25, 0.3) is 0 Å². The van der Waals surface area contributed by atoms with Crippen molar-refractivity contribution in [3.63, 3.8) is 0 Å². The summed E-state index contributed by atoms with van der Waals surface area (Å²) in [5.41, 5.74) is 2.36. The van der Waals surface area contributed by atoms with E-state index < -0.39 is 9.05 Å². The van der Waals surface area contributed by atoms with Gasteiger partial charge in [-0.1, -0.05) is 5.57 Å². The molecule has 100 valence electrons. The van der Waals surface area contributed by atoms with Crippen LogP contribution in [0.5, 0.6) is 5.75 Å². The van der Waals surface area contributed by atoms with Gasteiger partial charge in [-0.05, 0) is 57.0 Å². The summed E-state index contributed by atoms with van der Waals surface area (Å²) in [5.74, 6) is 0.645. The minimum atomic E-state index is -3.71. The maximum absolute atomic E-state index is 11.4. The van der Waals surface area contributed by atoms with Crippen molar-refractivity contribution in [1.29, 1.82) is 0 Å². The Morgan fingerprint density at radius 1 is 1.28 bits per heavy atom. The fourth-order valence-corrected chi connectivity index (χ4v) is 3.30. The van der Waals surface area contributed by atoms with Gasteiger partial charge in [0.05, 0.1) is 4.90 Å². The van der Waals surface area contributed by atoms with Gasteiger partial charge in [-0.15, -0.1) is 0 Å². The summed E-state index contributed by atoms with van der Waals surface area (Å²) in [4.78, 5) is 0.165. The highest BCUT2D eigenvalue weighted by atomic mass is 35.7. The largest absolute Gasteiger partial charge is 0.490 e. The molecule has 0 unspecified atom stereocenters. The third kappa shape index (κ3) is 4.03. The Morgan fingerprint density at radius 2 is 1.78 bits per heavy atom. The fourth-order valence-electron chi connectivity index (χ4n) is 1.68. The third-order valence-electron chi connectivity index (χ3n) is 2.42. The number of allylic oxidation sites excluding steroid dienone is 1. The molecule has 0 fully saturated rings. The minimum Gasteiger partial charge on any atom is -0.490 e. The molecule has 0 amide bonds. The Labute approximate surface area is 113 Å². The number of halogens is 1. The lowest BCUT2D eigenvalue weighted by molar-refractivity contribution is 0.361. The van der Waals surface area contributed by atoms with Crippen LogP contribution in [-0.4, -0.2) is 15.0 Å². The lowest BCUT2D eigenvalue weighted by atomic mass is 10.1. The predicted octanol–water partition coefficient (Wildman–Crippen LogP) is 3.58.